The van der Waals surface area contributed by atoms with Crippen LogP contribution in [0.1, 0.15) is 25.7 Å². The SMILES string of the molecule is O=C(Cn1ccnc1)NC(=O)NC1CCCC1. The first kappa shape index (κ1) is 11.6. The molecule has 1 aliphatic carbocycles. The van der Waals surface area contributed by atoms with E-state index in [0.29, 0.717) is 0 Å². The summed E-state index contributed by atoms with van der Waals surface area (Å²) >= 11 is 0. The van der Waals surface area contributed by atoms with Gasteiger partial charge in [0.1, 0.15) is 6.54 Å². The third kappa shape index (κ3) is 3.58. The Labute approximate surface area is 99.4 Å². The Bertz CT molecular complexity index is 382. The summed E-state index contributed by atoms with van der Waals surface area (Å²) in [6, 6.07) is -0.182. The van der Waals surface area contributed by atoms with E-state index >= 15 is 0 Å². The van der Waals surface area contributed by atoms with Gasteiger partial charge in [-0.1, -0.05) is 12.8 Å². The number of imide groups is 1. The minimum absolute atomic E-state index is 0.109. The minimum Gasteiger partial charge on any atom is -0.335 e. The van der Waals surface area contributed by atoms with Crippen molar-refractivity contribution in [3.8, 4) is 0 Å². The number of carbonyl (C=O) groups excluding carboxylic acids is 2. The number of hydrogen-bond donors (Lipinski definition) is 2. The first-order chi connectivity index (χ1) is 8.24. The molecule has 2 rings (SSSR count). The number of aromatic nitrogens is 2. The van der Waals surface area contributed by atoms with Gasteiger partial charge in [0.15, 0.2) is 0 Å². The molecule has 92 valence electrons. The molecule has 0 aromatic carbocycles. The summed E-state index contributed by atoms with van der Waals surface area (Å²) in [5.41, 5.74) is 0. The van der Waals surface area contributed by atoms with Crippen molar-refractivity contribution in [2.45, 2.75) is 38.3 Å². The number of imidazole rings is 1. The number of hydrogen-bond acceptors (Lipinski definition) is 3. The van der Waals surface area contributed by atoms with Gasteiger partial charge in [-0.25, -0.2) is 9.78 Å². The fourth-order valence-corrected chi connectivity index (χ4v) is 2.00. The number of urea groups is 1. The zero-order valence-electron chi connectivity index (χ0n) is 9.56. The van der Waals surface area contributed by atoms with E-state index in [1.54, 1.807) is 17.0 Å². The van der Waals surface area contributed by atoms with E-state index in [2.05, 4.69) is 15.6 Å². The van der Waals surface area contributed by atoms with Crippen LogP contribution in [-0.4, -0.2) is 27.5 Å². The first-order valence-electron chi connectivity index (χ1n) is 5.80. The molecule has 0 spiro atoms. The maximum atomic E-state index is 11.5. The van der Waals surface area contributed by atoms with E-state index in [1.165, 1.54) is 6.33 Å². The molecule has 0 atom stereocenters. The molecule has 1 aliphatic rings. The quantitative estimate of drug-likeness (QED) is 0.809. The highest BCUT2D eigenvalue weighted by atomic mass is 16.2. The Kier molecular flexibility index (Phi) is 3.74. The molecule has 3 amide bonds. The van der Waals surface area contributed by atoms with Gasteiger partial charge in [-0.05, 0) is 12.8 Å². The van der Waals surface area contributed by atoms with Gasteiger partial charge in [0, 0.05) is 18.4 Å². The molecular weight excluding hydrogens is 220 g/mol. The number of nitrogens with one attached hydrogen (secondary N) is 2. The first-order valence-corrected chi connectivity index (χ1v) is 5.80. The third-order valence-corrected chi connectivity index (χ3v) is 2.83. The van der Waals surface area contributed by atoms with Crippen LogP contribution >= 0.6 is 0 Å². The van der Waals surface area contributed by atoms with E-state index in [9.17, 15) is 9.59 Å². The Morgan fingerprint density at radius 2 is 2.12 bits per heavy atom. The van der Waals surface area contributed by atoms with Crippen LogP contribution in [0.4, 0.5) is 4.79 Å². The van der Waals surface area contributed by atoms with Crippen LogP contribution in [0.15, 0.2) is 18.7 Å². The summed E-state index contributed by atoms with van der Waals surface area (Å²) in [4.78, 5) is 26.8. The smallest absolute Gasteiger partial charge is 0.321 e. The van der Waals surface area contributed by atoms with E-state index in [1.807, 2.05) is 0 Å². The van der Waals surface area contributed by atoms with Crippen molar-refractivity contribution in [2.24, 2.45) is 0 Å². The molecule has 0 bridgehead atoms. The molecular formula is C11H16N4O2. The summed E-state index contributed by atoms with van der Waals surface area (Å²) in [6.45, 7) is 0.109. The van der Waals surface area contributed by atoms with Gasteiger partial charge in [-0.15, -0.1) is 0 Å². The second-order valence-electron chi connectivity index (χ2n) is 4.24. The molecule has 1 saturated carbocycles. The van der Waals surface area contributed by atoms with Gasteiger partial charge < -0.3 is 9.88 Å². The lowest BCUT2D eigenvalue weighted by atomic mass is 10.2. The second kappa shape index (κ2) is 5.47. The van der Waals surface area contributed by atoms with E-state index in [-0.39, 0.29) is 18.5 Å². The molecule has 17 heavy (non-hydrogen) atoms. The molecule has 1 aromatic rings. The molecule has 1 aromatic heterocycles. The van der Waals surface area contributed by atoms with E-state index < -0.39 is 6.03 Å². The summed E-state index contributed by atoms with van der Waals surface area (Å²) in [6.07, 6.45) is 9.10. The normalized spacial score (nSPS) is 15.8. The molecule has 1 heterocycles. The van der Waals surface area contributed by atoms with Crippen molar-refractivity contribution < 1.29 is 9.59 Å². The van der Waals surface area contributed by atoms with Crippen LogP contribution in [0.2, 0.25) is 0 Å². The van der Waals surface area contributed by atoms with E-state index in [0.717, 1.165) is 25.7 Å². The van der Waals surface area contributed by atoms with Crippen LogP contribution in [-0.2, 0) is 11.3 Å². The molecule has 0 radical (unpaired) electrons. The van der Waals surface area contributed by atoms with Crippen molar-refractivity contribution in [3.63, 3.8) is 0 Å². The van der Waals surface area contributed by atoms with Crippen molar-refractivity contribution >= 4 is 11.9 Å². The average Bonchev–Trinajstić information content (AvgIpc) is 2.90. The van der Waals surface area contributed by atoms with Gasteiger partial charge in [0.2, 0.25) is 5.91 Å². The number of carbonyl (C=O) groups is 2. The largest absolute Gasteiger partial charge is 0.335 e. The van der Waals surface area contributed by atoms with Crippen LogP contribution in [0.3, 0.4) is 0 Å². The minimum atomic E-state index is -0.401. The van der Waals surface area contributed by atoms with Crippen molar-refractivity contribution in [1.29, 1.82) is 0 Å². The summed E-state index contributed by atoms with van der Waals surface area (Å²) < 4.78 is 1.61. The highest BCUT2D eigenvalue weighted by molar-refractivity contribution is 5.94. The molecule has 0 saturated heterocycles. The fourth-order valence-electron chi connectivity index (χ4n) is 2.00. The second-order valence-corrected chi connectivity index (χ2v) is 4.24. The summed E-state index contributed by atoms with van der Waals surface area (Å²) in [7, 11) is 0. The molecule has 1 fully saturated rings. The Balaban J connectivity index is 1.72. The monoisotopic (exact) mass is 236 g/mol. The van der Waals surface area contributed by atoms with Crippen LogP contribution < -0.4 is 10.6 Å². The molecule has 2 N–H and O–H groups in total. The van der Waals surface area contributed by atoms with Gasteiger partial charge in [-0.3, -0.25) is 10.1 Å². The molecule has 0 unspecified atom stereocenters. The van der Waals surface area contributed by atoms with Crippen LogP contribution in [0.5, 0.6) is 0 Å². The zero-order valence-corrected chi connectivity index (χ0v) is 9.56. The fraction of sp³-hybridized carbons (Fsp3) is 0.545. The zero-order chi connectivity index (χ0) is 12.1. The van der Waals surface area contributed by atoms with Crippen LogP contribution in [0.25, 0.3) is 0 Å². The molecule has 6 nitrogen and oxygen atoms in total. The van der Waals surface area contributed by atoms with Gasteiger partial charge in [0.05, 0.1) is 6.33 Å². The summed E-state index contributed by atoms with van der Waals surface area (Å²) in [5, 5.41) is 5.10. The topological polar surface area (TPSA) is 76.0 Å². The number of amides is 3. The number of rotatable bonds is 3. The third-order valence-electron chi connectivity index (χ3n) is 2.83. The van der Waals surface area contributed by atoms with E-state index in [4.69, 9.17) is 0 Å². The predicted molar refractivity (Wildman–Crippen MR) is 61.2 cm³/mol. The average molecular weight is 236 g/mol. The van der Waals surface area contributed by atoms with Crippen molar-refractivity contribution in [1.82, 2.24) is 20.2 Å². The molecule has 0 aliphatic heterocycles. The lowest BCUT2D eigenvalue weighted by Gasteiger charge is -2.12. The lowest BCUT2D eigenvalue weighted by Crippen LogP contribution is -2.44. The Hall–Kier alpha value is -1.85. The number of nitrogens with zero attached hydrogens (tertiary/aromatic N) is 2. The van der Waals surface area contributed by atoms with Gasteiger partial charge >= 0.3 is 6.03 Å². The van der Waals surface area contributed by atoms with Gasteiger partial charge in [-0.2, -0.15) is 0 Å². The maximum Gasteiger partial charge on any atom is 0.321 e. The lowest BCUT2D eigenvalue weighted by molar-refractivity contribution is -0.120. The highest BCUT2D eigenvalue weighted by Gasteiger charge is 2.18. The Morgan fingerprint density at radius 1 is 1.35 bits per heavy atom. The van der Waals surface area contributed by atoms with Crippen molar-refractivity contribution in [2.75, 3.05) is 0 Å². The van der Waals surface area contributed by atoms with Crippen molar-refractivity contribution in [3.05, 3.63) is 18.7 Å². The van der Waals surface area contributed by atoms with Crippen LogP contribution in [0, 0.1) is 0 Å². The Morgan fingerprint density at radius 3 is 2.76 bits per heavy atom. The summed E-state index contributed by atoms with van der Waals surface area (Å²) in [5.74, 6) is -0.335. The highest BCUT2D eigenvalue weighted by Crippen LogP contribution is 2.17. The molecule has 6 heteroatoms. The van der Waals surface area contributed by atoms with Gasteiger partial charge in [0.25, 0.3) is 0 Å². The predicted octanol–water partition coefficient (Wildman–Crippen LogP) is 0.651. The maximum absolute atomic E-state index is 11.5. The standard InChI is InChI=1S/C11H16N4O2/c16-10(7-15-6-5-12-8-15)14-11(17)13-9-3-1-2-4-9/h5-6,8-9H,1-4,7H2,(H2,13,14,16,17).